The molecule has 0 atom stereocenters. The summed E-state index contributed by atoms with van der Waals surface area (Å²) in [5.74, 6) is 2.03. The van der Waals surface area contributed by atoms with Crippen LogP contribution in [0.5, 0.6) is 11.5 Å². The van der Waals surface area contributed by atoms with E-state index in [1.54, 1.807) is 7.11 Å². The Balaban J connectivity index is 1.64. The van der Waals surface area contributed by atoms with Crippen molar-refractivity contribution in [3.63, 3.8) is 0 Å². The van der Waals surface area contributed by atoms with Gasteiger partial charge in [0.2, 0.25) is 5.91 Å². The molecule has 1 N–H and O–H groups in total. The lowest BCUT2D eigenvalue weighted by atomic mass is 10.1. The molecular formula is C19H23NO3S. The number of benzene rings is 2. The minimum atomic E-state index is -0.000459. The van der Waals surface area contributed by atoms with E-state index in [1.165, 1.54) is 22.9 Å². The Kier molecular flexibility index (Phi) is 7.00. The van der Waals surface area contributed by atoms with Crippen LogP contribution in [-0.4, -0.2) is 31.9 Å². The van der Waals surface area contributed by atoms with Gasteiger partial charge in [-0.2, -0.15) is 0 Å². The van der Waals surface area contributed by atoms with Crippen molar-refractivity contribution in [3.05, 3.63) is 53.6 Å². The molecule has 2 aromatic carbocycles. The summed E-state index contributed by atoms with van der Waals surface area (Å²) in [7, 11) is 1.63. The van der Waals surface area contributed by atoms with E-state index >= 15 is 0 Å². The summed E-state index contributed by atoms with van der Waals surface area (Å²) in [6, 6.07) is 13.7. The molecule has 0 saturated heterocycles. The molecule has 2 aromatic rings. The highest BCUT2D eigenvalue weighted by Gasteiger charge is 2.03. The second-order valence-electron chi connectivity index (χ2n) is 5.41. The third-order valence-electron chi connectivity index (χ3n) is 3.60. The summed E-state index contributed by atoms with van der Waals surface area (Å²) in [6.07, 6.45) is 0. The molecule has 1 amide bonds. The van der Waals surface area contributed by atoms with Gasteiger partial charge in [0.1, 0.15) is 18.1 Å². The van der Waals surface area contributed by atoms with Crippen LogP contribution in [0.4, 0.5) is 0 Å². The molecule has 0 heterocycles. The van der Waals surface area contributed by atoms with E-state index < -0.39 is 0 Å². The van der Waals surface area contributed by atoms with Crippen molar-refractivity contribution in [2.45, 2.75) is 18.7 Å². The van der Waals surface area contributed by atoms with Gasteiger partial charge in [-0.05, 0) is 61.4 Å². The smallest absolute Gasteiger partial charge is 0.230 e. The van der Waals surface area contributed by atoms with E-state index in [2.05, 4.69) is 19.2 Å². The summed E-state index contributed by atoms with van der Waals surface area (Å²) in [4.78, 5) is 12.9. The number of hydrogen-bond donors (Lipinski definition) is 1. The Bertz CT molecular complexity index is 671. The first kappa shape index (κ1) is 18.2. The second kappa shape index (κ2) is 9.23. The van der Waals surface area contributed by atoms with E-state index in [-0.39, 0.29) is 5.91 Å². The number of hydrogen-bond acceptors (Lipinski definition) is 4. The first-order valence-corrected chi connectivity index (χ1v) is 8.80. The Labute approximate surface area is 147 Å². The molecular weight excluding hydrogens is 322 g/mol. The SMILES string of the molecule is COc1ccc(SCC(=O)NCCOc2ccc(C)c(C)c2)cc1. The fourth-order valence-corrected chi connectivity index (χ4v) is 2.76. The zero-order valence-corrected chi connectivity index (χ0v) is 15.1. The van der Waals surface area contributed by atoms with Crippen molar-refractivity contribution in [1.29, 1.82) is 0 Å². The van der Waals surface area contributed by atoms with E-state index in [0.29, 0.717) is 18.9 Å². The standard InChI is InChI=1S/C19H23NO3S/c1-14-4-5-17(12-15(14)2)23-11-10-20-19(21)13-24-18-8-6-16(22-3)7-9-18/h4-9,12H,10-11,13H2,1-3H3,(H,20,21). The predicted octanol–water partition coefficient (Wildman–Crippen LogP) is 3.60. The van der Waals surface area contributed by atoms with Crippen LogP contribution in [-0.2, 0) is 4.79 Å². The summed E-state index contributed by atoms with van der Waals surface area (Å²) in [5.41, 5.74) is 2.44. The van der Waals surface area contributed by atoms with Gasteiger partial charge in [-0.1, -0.05) is 6.07 Å². The molecule has 0 fully saturated rings. The maximum absolute atomic E-state index is 11.8. The number of thioether (sulfide) groups is 1. The molecule has 0 radical (unpaired) electrons. The lowest BCUT2D eigenvalue weighted by Gasteiger charge is -2.09. The molecule has 4 nitrogen and oxygen atoms in total. The van der Waals surface area contributed by atoms with Crippen molar-refractivity contribution >= 4 is 17.7 Å². The molecule has 0 aliphatic carbocycles. The van der Waals surface area contributed by atoms with Crippen LogP contribution in [0.15, 0.2) is 47.4 Å². The summed E-state index contributed by atoms with van der Waals surface area (Å²) in [5, 5.41) is 2.86. The van der Waals surface area contributed by atoms with Crippen molar-refractivity contribution in [2.75, 3.05) is 26.0 Å². The van der Waals surface area contributed by atoms with Gasteiger partial charge in [0.05, 0.1) is 19.4 Å². The number of rotatable bonds is 8. The lowest BCUT2D eigenvalue weighted by molar-refractivity contribution is -0.118. The van der Waals surface area contributed by atoms with Crippen LogP contribution >= 0.6 is 11.8 Å². The van der Waals surface area contributed by atoms with Gasteiger partial charge in [-0.3, -0.25) is 4.79 Å². The highest BCUT2D eigenvalue weighted by atomic mass is 32.2. The Hall–Kier alpha value is -2.14. The maximum Gasteiger partial charge on any atom is 0.230 e. The highest BCUT2D eigenvalue weighted by molar-refractivity contribution is 8.00. The zero-order chi connectivity index (χ0) is 17.4. The molecule has 0 bridgehead atoms. The number of amides is 1. The molecule has 0 unspecified atom stereocenters. The summed E-state index contributed by atoms with van der Waals surface area (Å²) >= 11 is 1.50. The van der Waals surface area contributed by atoms with Gasteiger partial charge in [-0.15, -0.1) is 11.8 Å². The number of carbonyl (C=O) groups excluding carboxylic acids is 1. The summed E-state index contributed by atoms with van der Waals surface area (Å²) in [6.45, 7) is 5.08. The molecule has 0 aliphatic heterocycles. The second-order valence-corrected chi connectivity index (χ2v) is 6.46. The highest BCUT2D eigenvalue weighted by Crippen LogP contribution is 2.21. The van der Waals surface area contributed by atoms with E-state index in [1.807, 2.05) is 42.5 Å². The maximum atomic E-state index is 11.8. The van der Waals surface area contributed by atoms with Crippen LogP contribution in [0.3, 0.4) is 0 Å². The summed E-state index contributed by atoms with van der Waals surface area (Å²) < 4.78 is 10.8. The van der Waals surface area contributed by atoms with Gasteiger partial charge < -0.3 is 14.8 Å². The fraction of sp³-hybridized carbons (Fsp3) is 0.316. The molecule has 0 spiro atoms. The number of ether oxygens (including phenoxy) is 2. The van der Waals surface area contributed by atoms with E-state index in [9.17, 15) is 4.79 Å². The number of nitrogens with one attached hydrogen (secondary N) is 1. The van der Waals surface area contributed by atoms with Crippen LogP contribution in [0.25, 0.3) is 0 Å². The van der Waals surface area contributed by atoms with Gasteiger partial charge >= 0.3 is 0 Å². The molecule has 128 valence electrons. The monoisotopic (exact) mass is 345 g/mol. The quantitative estimate of drug-likeness (QED) is 0.587. The van der Waals surface area contributed by atoms with Crippen LogP contribution in [0.2, 0.25) is 0 Å². The molecule has 2 rings (SSSR count). The van der Waals surface area contributed by atoms with Crippen LogP contribution in [0.1, 0.15) is 11.1 Å². The first-order chi connectivity index (χ1) is 11.6. The Morgan fingerprint density at radius 2 is 1.75 bits per heavy atom. The van der Waals surface area contributed by atoms with Gasteiger partial charge in [-0.25, -0.2) is 0 Å². The van der Waals surface area contributed by atoms with Crippen LogP contribution < -0.4 is 14.8 Å². The molecule has 24 heavy (non-hydrogen) atoms. The predicted molar refractivity (Wildman–Crippen MR) is 98.1 cm³/mol. The van der Waals surface area contributed by atoms with Crippen molar-refractivity contribution in [2.24, 2.45) is 0 Å². The topological polar surface area (TPSA) is 47.6 Å². The van der Waals surface area contributed by atoms with Gasteiger partial charge in [0.15, 0.2) is 0 Å². The number of carbonyl (C=O) groups is 1. The molecule has 0 aliphatic rings. The van der Waals surface area contributed by atoms with Gasteiger partial charge in [0, 0.05) is 4.90 Å². The van der Waals surface area contributed by atoms with Crippen molar-refractivity contribution in [1.82, 2.24) is 5.32 Å². The fourth-order valence-electron chi connectivity index (χ4n) is 2.03. The molecule has 0 saturated carbocycles. The lowest BCUT2D eigenvalue weighted by Crippen LogP contribution is -2.29. The molecule has 0 aromatic heterocycles. The Morgan fingerprint density at radius 1 is 1.04 bits per heavy atom. The third-order valence-corrected chi connectivity index (χ3v) is 4.61. The number of aryl methyl sites for hydroxylation is 2. The zero-order valence-electron chi connectivity index (χ0n) is 14.3. The average Bonchev–Trinajstić information content (AvgIpc) is 2.60. The first-order valence-electron chi connectivity index (χ1n) is 7.82. The Morgan fingerprint density at radius 3 is 2.42 bits per heavy atom. The molecule has 5 heteroatoms. The minimum Gasteiger partial charge on any atom is -0.497 e. The number of methoxy groups -OCH3 is 1. The van der Waals surface area contributed by atoms with E-state index in [4.69, 9.17) is 9.47 Å². The van der Waals surface area contributed by atoms with Crippen molar-refractivity contribution < 1.29 is 14.3 Å². The normalized spacial score (nSPS) is 10.3. The van der Waals surface area contributed by atoms with Gasteiger partial charge in [0.25, 0.3) is 0 Å². The average molecular weight is 345 g/mol. The largest absolute Gasteiger partial charge is 0.497 e. The third kappa shape index (κ3) is 5.81. The van der Waals surface area contributed by atoms with Crippen molar-refractivity contribution in [3.8, 4) is 11.5 Å². The van der Waals surface area contributed by atoms with Crippen LogP contribution in [0, 0.1) is 13.8 Å². The van der Waals surface area contributed by atoms with E-state index in [0.717, 1.165) is 16.4 Å². The minimum absolute atomic E-state index is 0.000459.